The molecular formula is C29H39F3O3S. The van der Waals surface area contributed by atoms with Crippen LogP contribution in [0, 0.1) is 40.4 Å². The van der Waals surface area contributed by atoms with Crippen molar-refractivity contribution < 1.29 is 26.7 Å². The Hall–Kier alpha value is -1.34. The summed E-state index contributed by atoms with van der Waals surface area (Å²) in [5.41, 5.74) is -2.04. The predicted molar refractivity (Wildman–Crippen MR) is 134 cm³/mol. The molecule has 0 bridgehead atoms. The number of sulfone groups is 1. The summed E-state index contributed by atoms with van der Waals surface area (Å²) in [6.07, 6.45) is 2.06. The molecule has 0 saturated heterocycles. The number of allylic oxidation sites excluding steroid dienone is 1. The lowest BCUT2D eigenvalue weighted by Crippen LogP contribution is -2.55. The Bertz CT molecular complexity index is 1130. The second-order valence-electron chi connectivity index (χ2n) is 12.8. The average molecular weight is 525 g/mol. The second-order valence-corrected chi connectivity index (χ2v) is 14.8. The van der Waals surface area contributed by atoms with E-state index >= 15 is 0 Å². The fourth-order valence-electron chi connectivity index (χ4n) is 9.05. The molecule has 7 heteroatoms. The highest BCUT2D eigenvalue weighted by atomic mass is 32.2. The van der Waals surface area contributed by atoms with Crippen LogP contribution < -0.4 is 0 Å². The second kappa shape index (κ2) is 8.59. The number of halogens is 3. The number of aliphatic hydroxyl groups is 1. The van der Waals surface area contributed by atoms with E-state index in [0.29, 0.717) is 35.0 Å². The molecule has 3 fully saturated rings. The Morgan fingerprint density at radius 1 is 1.03 bits per heavy atom. The number of alkyl halides is 3. The summed E-state index contributed by atoms with van der Waals surface area (Å²) >= 11 is 0. The Labute approximate surface area is 213 Å². The van der Waals surface area contributed by atoms with Crippen molar-refractivity contribution in [1.29, 1.82) is 0 Å². The summed E-state index contributed by atoms with van der Waals surface area (Å²) in [6.45, 7) is 6.57. The highest BCUT2D eigenvalue weighted by Crippen LogP contribution is 2.68. The van der Waals surface area contributed by atoms with E-state index in [1.54, 1.807) is 24.3 Å². The highest BCUT2D eigenvalue weighted by Gasteiger charge is 2.63. The summed E-state index contributed by atoms with van der Waals surface area (Å²) < 4.78 is 67.0. The van der Waals surface area contributed by atoms with Crippen molar-refractivity contribution in [3.63, 3.8) is 0 Å². The van der Waals surface area contributed by atoms with E-state index < -0.39 is 21.6 Å². The van der Waals surface area contributed by atoms with Crippen LogP contribution in [0.15, 0.2) is 46.9 Å². The van der Waals surface area contributed by atoms with Gasteiger partial charge in [0.25, 0.3) is 0 Å². The van der Waals surface area contributed by atoms with Crippen molar-refractivity contribution >= 4 is 9.84 Å². The average Bonchev–Trinajstić information content (AvgIpc) is 3.16. The molecule has 0 aromatic heterocycles. The summed E-state index contributed by atoms with van der Waals surface area (Å²) in [7, 11) is -3.36. The topological polar surface area (TPSA) is 54.4 Å². The van der Waals surface area contributed by atoms with Crippen LogP contribution in [0.4, 0.5) is 13.2 Å². The van der Waals surface area contributed by atoms with Gasteiger partial charge in [0.1, 0.15) is 0 Å². The van der Waals surface area contributed by atoms with Gasteiger partial charge in [0.2, 0.25) is 0 Å². The summed E-state index contributed by atoms with van der Waals surface area (Å²) in [4.78, 5) is 0.384. The molecule has 4 aliphatic carbocycles. The van der Waals surface area contributed by atoms with E-state index in [1.807, 2.05) is 12.1 Å². The van der Waals surface area contributed by atoms with Crippen molar-refractivity contribution in [2.75, 3.05) is 5.75 Å². The van der Waals surface area contributed by atoms with Gasteiger partial charge in [-0.15, -0.1) is 0 Å². The number of hydrogen-bond donors (Lipinski definition) is 1. The van der Waals surface area contributed by atoms with Gasteiger partial charge in [-0.2, -0.15) is 13.2 Å². The minimum atomic E-state index is -4.61. The predicted octanol–water partition coefficient (Wildman–Crippen LogP) is 6.97. The standard InChI is InChI=1S/C29H39F3O3S/c1-19(18-36(34,35)21-7-5-4-6-8-21)23-11-12-24-22-10-9-20-17-28(33,29(30,31)32)16-15-26(20,2)25(22)13-14-27(23,24)3/h4-9,19,22-25,33H,10-18H2,1-3H3/t19-,22+,23-,24+,25?,26+,27-,28+/m1/s1. The van der Waals surface area contributed by atoms with Crippen molar-refractivity contribution in [2.24, 2.45) is 40.4 Å². The number of hydrogen-bond acceptors (Lipinski definition) is 3. The summed E-state index contributed by atoms with van der Waals surface area (Å²) in [5.74, 6) is 1.72. The highest BCUT2D eigenvalue weighted by molar-refractivity contribution is 7.91. The molecule has 3 saturated carbocycles. The molecule has 1 unspecified atom stereocenters. The van der Waals surface area contributed by atoms with Gasteiger partial charge >= 0.3 is 6.18 Å². The molecular weight excluding hydrogens is 485 g/mol. The third-order valence-corrected chi connectivity index (χ3v) is 13.0. The minimum Gasteiger partial charge on any atom is -0.380 e. The van der Waals surface area contributed by atoms with Crippen LogP contribution >= 0.6 is 0 Å². The molecule has 5 rings (SSSR count). The van der Waals surface area contributed by atoms with E-state index in [0.717, 1.165) is 37.7 Å². The number of rotatable bonds is 4. The molecule has 3 nitrogen and oxygen atoms in total. The van der Waals surface area contributed by atoms with E-state index in [1.165, 1.54) is 0 Å². The van der Waals surface area contributed by atoms with Crippen LogP contribution in [-0.4, -0.2) is 31.1 Å². The Morgan fingerprint density at radius 3 is 2.39 bits per heavy atom. The fraction of sp³-hybridized carbons (Fsp3) is 0.724. The first-order valence-electron chi connectivity index (χ1n) is 13.5. The molecule has 36 heavy (non-hydrogen) atoms. The molecule has 1 N–H and O–H groups in total. The molecule has 0 aliphatic heterocycles. The molecule has 200 valence electrons. The van der Waals surface area contributed by atoms with Gasteiger partial charge < -0.3 is 5.11 Å². The smallest absolute Gasteiger partial charge is 0.380 e. The largest absolute Gasteiger partial charge is 0.417 e. The van der Waals surface area contributed by atoms with Crippen LogP contribution in [-0.2, 0) is 9.84 Å². The van der Waals surface area contributed by atoms with Gasteiger partial charge in [-0.25, -0.2) is 8.42 Å². The molecule has 0 radical (unpaired) electrons. The van der Waals surface area contributed by atoms with Gasteiger partial charge in [0.15, 0.2) is 15.4 Å². The minimum absolute atomic E-state index is 0.0449. The van der Waals surface area contributed by atoms with Crippen molar-refractivity contribution in [3.8, 4) is 0 Å². The molecule has 0 amide bonds. The van der Waals surface area contributed by atoms with Crippen LogP contribution in [0.3, 0.4) is 0 Å². The Morgan fingerprint density at radius 2 is 1.72 bits per heavy atom. The molecule has 8 atom stereocenters. The van der Waals surface area contributed by atoms with Crippen LogP contribution in [0.25, 0.3) is 0 Å². The van der Waals surface area contributed by atoms with E-state index in [2.05, 4.69) is 20.8 Å². The monoisotopic (exact) mass is 524 g/mol. The third-order valence-electron chi connectivity index (χ3n) is 11.0. The summed E-state index contributed by atoms with van der Waals surface area (Å²) in [5, 5.41) is 10.4. The maximum Gasteiger partial charge on any atom is 0.417 e. The van der Waals surface area contributed by atoms with Gasteiger partial charge in [0, 0.05) is 6.42 Å². The quantitative estimate of drug-likeness (QED) is 0.433. The van der Waals surface area contributed by atoms with Crippen LogP contribution in [0.5, 0.6) is 0 Å². The van der Waals surface area contributed by atoms with Gasteiger partial charge in [-0.05, 0) is 97.5 Å². The lowest BCUT2D eigenvalue weighted by molar-refractivity contribution is -0.271. The van der Waals surface area contributed by atoms with Gasteiger partial charge in [0.05, 0.1) is 10.6 Å². The summed E-state index contributed by atoms with van der Waals surface area (Å²) in [6, 6.07) is 8.69. The lowest BCUT2D eigenvalue weighted by Gasteiger charge is -2.59. The normalized spacial score (nSPS) is 41.6. The Balaban J connectivity index is 1.36. The van der Waals surface area contributed by atoms with E-state index in [-0.39, 0.29) is 35.3 Å². The van der Waals surface area contributed by atoms with Crippen molar-refractivity contribution in [1.82, 2.24) is 0 Å². The van der Waals surface area contributed by atoms with E-state index in [9.17, 15) is 26.7 Å². The first kappa shape index (κ1) is 26.3. The van der Waals surface area contributed by atoms with Crippen molar-refractivity contribution in [3.05, 3.63) is 42.0 Å². The fourth-order valence-corrected chi connectivity index (χ4v) is 10.7. The SMILES string of the molecule is C[C@H](CS(=O)(=O)c1ccccc1)[C@H]1CC[C@H]2[C@@H]3CC=C4C[C@](O)(C(F)(F)F)CC[C@]4(C)C3CC[C@]12C. The number of benzene rings is 1. The number of fused-ring (bicyclic) bond motifs is 5. The molecule has 4 aliphatic rings. The molecule has 0 heterocycles. The first-order chi connectivity index (χ1) is 16.7. The third kappa shape index (κ3) is 3.98. The van der Waals surface area contributed by atoms with Crippen molar-refractivity contribution in [2.45, 2.75) is 88.8 Å². The van der Waals surface area contributed by atoms with Crippen LogP contribution in [0.1, 0.15) is 72.1 Å². The molecule has 0 spiro atoms. The zero-order valence-electron chi connectivity index (χ0n) is 21.5. The maximum atomic E-state index is 13.6. The van der Waals surface area contributed by atoms with Gasteiger partial charge in [-0.3, -0.25) is 0 Å². The van der Waals surface area contributed by atoms with Crippen LogP contribution in [0.2, 0.25) is 0 Å². The zero-order chi connectivity index (χ0) is 26.1. The zero-order valence-corrected chi connectivity index (χ0v) is 22.3. The lowest BCUT2D eigenvalue weighted by atomic mass is 9.46. The molecule has 1 aromatic rings. The maximum absolute atomic E-state index is 13.6. The Kier molecular flexibility index (Phi) is 6.27. The molecule has 1 aromatic carbocycles. The first-order valence-corrected chi connectivity index (χ1v) is 15.1. The van der Waals surface area contributed by atoms with Gasteiger partial charge in [-0.1, -0.05) is 50.6 Å². The van der Waals surface area contributed by atoms with E-state index in [4.69, 9.17) is 0 Å².